The first-order valence-electron chi connectivity index (χ1n) is 5.19. The third kappa shape index (κ3) is 3.85. The summed E-state index contributed by atoms with van der Waals surface area (Å²) in [6.45, 7) is 3.88. The number of rotatable bonds is 3. The second kappa shape index (κ2) is 4.87. The molecule has 0 heterocycles. The minimum absolute atomic E-state index is 0.0635. The first-order chi connectivity index (χ1) is 7.29. The molecular weight excluding hydrogens is 215 g/mol. The van der Waals surface area contributed by atoms with E-state index in [1.54, 1.807) is 6.07 Å². The van der Waals surface area contributed by atoms with E-state index in [1.165, 1.54) is 0 Å². The standard InChI is InChI=1S/C12H16F3N/c1-8-3-4-10(7-9(8)2)11(16)5-6-12(13,14)15/h3-4,7,11H,5-6,16H2,1-2H3/t11-/m1/s1. The van der Waals surface area contributed by atoms with Gasteiger partial charge in [-0.25, -0.2) is 0 Å². The maximum atomic E-state index is 12.0. The van der Waals surface area contributed by atoms with Gasteiger partial charge in [0, 0.05) is 12.5 Å². The molecule has 2 N–H and O–H groups in total. The summed E-state index contributed by atoms with van der Waals surface area (Å²) in [5.74, 6) is 0. The second-order valence-electron chi connectivity index (χ2n) is 4.10. The van der Waals surface area contributed by atoms with Crippen LogP contribution in [0.5, 0.6) is 0 Å². The maximum absolute atomic E-state index is 12.0. The molecule has 0 radical (unpaired) electrons. The first-order valence-corrected chi connectivity index (χ1v) is 5.19. The molecule has 90 valence electrons. The van der Waals surface area contributed by atoms with Gasteiger partial charge in [0.2, 0.25) is 0 Å². The van der Waals surface area contributed by atoms with Crippen molar-refractivity contribution in [3.63, 3.8) is 0 Å². The fraction of sp³-hybridized carbons (Fsp3) is 0.500. The summed E-state index contributed by atoms with van der Waals surface area (Å²) in [5.41, 5.74) is 8.66. The maximum Gasteiger partial charge on any atom is 0.389 e. The summed E-state index contributed by atoms with van der Waals surface area (Å²) >= 11 is 0. The van der Waals surface area contributed by atoms with E-state index in [1.807, 2.05) is 26.0 Å². The normalized spacial score (nSPS) is 13.9. The van der Waals surface area contributed by atoms with E-state index in [9.17, 15) is 13.2 Å². The monoisotopic (exact) mass is 231 g/mol. The highest BCUT2D eigenvalue weighted by molar-refractivity contribution is 5.31. The zero-order valence-electron chi connectivity index (χ0n) is 9.43. The Morgan fingerprint density at radius 1 is 1.19 bits per heavy atom. The predicted molar refractivity (Wildman–Crippen MR) is 58.1 cm³/mol. The van der Waals surface area contributed by atoms with Gasteiger partial charge < -0.3 is 5.73 Å². The number of nitrogens with two attached hydrogens (primary N) is 1. The number of halogens is 3. The highest BCUT2D eigenvalue weighted by Gasteiger charge is 2.27. The lowest BCUT2D eigenvalue weighted by Gasteiger charge is -2.14. The van der Waals surface area contributed by atoms with E-state index in [2.05, 4.69) is 0 Å². The fourth-order valence-electron chi connectivity index (χ4n) is 1.48. The Kier molecular flexibility index (Phi) is 3.97. The molecule has 0 saturated carbocycles. The lowest BCUT2D eigenvalue weighted by Crippen LogP contribution is -2.15. The Hall–Kier alpha value is -1.03. The summed E-state index contributed by atoms with van der Waals surface area (Å²) < 4.78 is 36.1. The van der Waals surface area contributed by atoms with E-state index in [0.29, 0.717) is 0 Å². The molecule has 0 aliphatic carbocycles. The molecule has 0 aliphatic heterocycles. The highest BCUT2D eigenvalue weighted by Crippen LogP contribution is 2.26. The summed E-state index contributed by atoms with van der Waals surface area (Å²) in [5, 5.41) is 0. The molecule has 0 unspecified atom stereocenters. The van der Waals surface area contributed by atoms with Gasteiger partial charge in [-0.05, 0) is 37.0 Å². The molecular formula is C12H16F3N. The zero-order valence-corrected chi connectivity index (χ0v) is 9.43. The number of alkyl halides is 3. The Bertz CT molecular complexity index is 358. The van der Waals surface area contributed by atoms with E-state index in [-0.39, 0.29) is 6.42 Å². The van der Waals surface area contributed by atoms with Gasteiger partial charge in [-0.2, -0.15) is 13.2 Å². The number of hydrogen-bond acceptors (Lipinski definition) is 1. The molecule has 0 saturated heterocycles. The van der Waals surface area contributed by atoms with Crippen LogP contribution >= 0.6 is 0 Å². The fourth-order valence-corrected chi connectivity index (χ4v) is 1.48. The molecule has 1 aromatic rings. The van der Waals surface area contributed by atoms with Gasteiger partial charge in [0.05, 0.1) is 0 Å². The smallest absolute Gasteiger partial charge is 0.324 e. The van der Waals surface area contributed by atoms with Crippen molar-refractivity contribution in [1.29, 1.82) is 0 Å². The Labute approximate surface area is 93.5 Å². The van der Waals surface area contributed by atoms with Gasteiger partial charge in [0.25, 0.3) is 0 Å². The topological polar surface area (TPSA) is 26.0 Å². The summed E-state index contributed by atoms with van der Waals surface area (Å²) in [7, 11) is 0. The minimum Gasteiger partial charge on any atom is -0.324 e. The van der Waals surface area contributed by atoms with Crippen LogP contribution < -0.4 is 5.73 Å². The van der Waals surface area contributed by atoms with Gasteiger partial charge >= 0.3 is 6.18 Å². The van der Waals surface area contributed by atoms with Crippen molar-refractivity contribution in [2.45, 2.75) is 38.9 Å². The molecule has 0 spiro atoms. The van der Waals surface area contributed by atoms with Crippen LogP contribution in [-0.4, -0.2) is 6.18 Å². The average molecular weight is 231 g/mol. The summed E-state index contributed by atoms with van der Waals surface area (Å²) in [6, 6.07) is 5.00. The Balaban J connectivity index is 2.66. The number of aryl methyl sites for hydroxylation is 2. The van der Waals surface area contributed by atoms with Gasteiger partial charge in [-0.3, -0.25) is 0 Å². The van der Waals surface area contributed by atoms with Crippen LogP contribution in [0.3, 0.4) is 0 Å². The van der Waals surface area contributed by atoms with Crippen LogP contribution in [0.15, 0.2) is 18.2 Å². The number of benzene rings is 1. The lowest BCUT2D eigenvalue weighted by atomic mass is 9.98. The lowest BCUT2D eigenvalue weighted by molar-refractivity contribution is -0.136. The SMILES string of the molecule is Cc1ccc([C@H](N)CCC(F)(F)F)cc1C. The third-order valence-corrected chi connectivity index (χ3v) is 2.70. The van der Waals surface area contributed by atoms with E-state index in [4.69, 9.17) is 5.73 Å². The average Bonchev–Trinajstić information content (AvgIpc) is 2.17. The Morgan fingerprint density at radius 2 is 1.81 bits per heavy atom. The van der Waals surface area contributed by atoms with Crippen LogP contribution in [0, 0.1) is 13.8 Å². The quantitative estimate of drug-likeness (QED) is 0.844. The first kappa shape index (κ1) is 13.0. The summed E-state index contributed by atoms with van der Waals surface area (Å²) in [6.07, 6.45) is -5.02. The van der Waals surface area contributed by atoms with Crippen LogP contribution in [0.1, 0.15) is 35.6 Å². The van der Waals surface area contributed by atoms with Crippen molar-refractivity contribution in [3.8, 4) is 0 Å². The molecule has 0 bridgehead atoms. The van der Waals surface area contributed by atoms with Crippen molar-refractivity contribution in [2.75, 3.05) is 0 Å². The largest absolute Gasteiger partial charge is 0.389 e. The molecule has 0 fully saturated rings. The minimum atomic E-state index is -4.13. The van der Waals surface area contributed by atoms with Gasteiger partial charge in [-0.1, -0.05) is 18.2 Å². The predicted octanol–water partition coefficient (Wildman–Crippen LogP) is 3.65. The third-order valence-electron chi connectivity index (χ3n) is 2.70. The van der Waals surface area contributed by atoms with Gasteiger partial charge in [0.1, 0.15) is 0 Å². The molecule has 0 aromatic heterocycles. The highest BCUT2D eigenvalue weighted by atomic mass is 19.4. The van der Waals surface area contributed by atoms with Crippen molar-refractivity contribution >= 4 is 0 Å². The molecule has 1 rings (SSSR count). The van der Waals surface area contributed by atoms with Crippen LogP contribution in [0.25, 0.3) is 0 Å². The molecule has 1 atom stereocenters. The van der Waals surface area contributed by atoms with Crippen molar-refractivity contribution in [3.05, 3.63) is 34.9 Å². The van der Waals surface area contributed by atoms with E-state index < -0.39 is 18.6 Å². The van der Waals surface area contributed by atoms with Crippen molar-refractivity contribution in [2.24, 2.45) is 5.73 Å². The van der Waals surface area contributed by atoms with E-state index in [0.717, 1.165) is 16.7 Å². The van der Waals surface area contributed by atoms with Crippen LogP contribution in [-0.2, 0) is 0 Å². The molecule has 0 amide bonds. The van der Waals surface area contributed by atoms with Gasteiger partial charge in [0.15, 0.2) is 0 Å². The Morgan fingerprint density at radius 3 is 2.31 bits per heavy atom. The summed E-state index contributed by atoms with van der Waals surface area (Å²) in [4.78, 5) is 0. The molecule has 1 aromatic carbocycles. The zero-order chi connectivity index (χ0) is 12.3. The van der Waals surface area contributed by atoms with E-state index >= 15 is 0 Å². The molecule has 1 nitrogen and oxygen atoms in total. The van der Waals surface area contributed by atoms with Crippen LogP contribution in [0.4, 0.5) is 13.2 Å². The molecule has 16 heavy (non-hydrogen) atoms. The van der Waals surface area contributed by atoms with Crippen molar-refractivity contribution in [1.82, 2.24) is 0 Å². The van der Waals surface area contributed by atoms with Gasteiger partial charge in [-0.15, -0.1) is 0 Å². The van der Waals surface area contributed by atoms with Crippen LogP contribution in [0.2, 0.25) is 0 Å². The number of hydrogen-bond donors (Lipinski definition) is 1. The molecule has 0 aliphatic rings. The molecule has 4 heteroatoms. The van der Waals surface area contributed by atoms with Crippen molar-refractivity contribution < 1.29 is 13.2 Å². The second-order valence-corrected chi connectivity index (χ2v) is 4.10.